The van der Waals surface area contributed by atoms with E-state index in [2.05, 4.69) is 8.78 Å². The number of carbonyl (C=O) groups excluding carboxylic acids is 1. The Morgan fingerprint density at radius 2 is 2.38 bits per heavy atom. The zero-order valence-electron chi connectivity index (χ0n) is 7.50. The van der Waals surface area contributed by atoms with Gasteiger partial charge in [0.1, 0.15) is 12.4 Å². The molecule has 0 fully saturated rings. The van der Waals surface area contributed by atoms with Crippen LogP contribution in [0, 0.1) is 5.41 Å². The molecule has 1 aliphatic rings. The number of aliphatic imine (C=N–C) groups is 1. The summed E-state index contributed by atoms with van der Waals surface area (Å²) in [5.41, 5.74) is 0.0497. The van der Waals surface area contributed by atoms with Crippen molar-refractivity contribution in [3.05, 3.63) is 11.8 Å². The fourth-order valence-electron chi connectivity index (χ4n) is 1.11. The Balaban J connectivity index is 2.94. The summed E-state index contributed by atoms with van der Waals surface area (Å²) in [6.45, 7) is 2.96. The SMILES string of the molecule is CC1(C)C=C(C(=O)[O][Al])N=C1CF. The normalized spacial score (nSPS) is 19.3. The summed E-state index contributed by atoms with van der Waals surface area (Å²) in [5.74, 6) is -0.554. The number of carbonyl (C=O) groups is 1. The molecule has 0 unspecified atom stereocenters. The van der Waals surface area contributed by atoms with Gasteiger partial charge in [0, 0.05) is 5.41 Å². The van der Waals surface area contributed by atoms with E-state index in [1.54, 1.807) is 19.9 Å². The quantitative estimate of drug-likeness (QED) is 0.618. The van der Waals surface area contributed by atoms with Crippen molar-refractivity contribution in [1.82, 2.24) is 0 Å². The third-order valence-corrected chi connectivity index (χ3v) is 2.15. The Hall–Kier alpha value is -0.658. The van der Waals surface area contributed by atoms with Crippen LogP contribution < -0.4 is 0 Å². The van der Waals surface area contributed by atoms with Crippen molar-refractivity contribution in [3.8, 4) is 0 Å². The van der Waals surface area contributed by atoms with E-state index in [0.717, 1.165) is 0 Å². The van der Waals surface area contributed by atoms with E-state index < -0.39 is 18.1 Å². The highest BCUT2D eigenvalue weighted by atomic mass is 27.1. The van der Waals surface area contributed by atoms with Gasteiger partial charge in [-0.05, 0) is 6.08 Å². The number of hydrogen-bond acceptors (Lipinski definition) is 3. The van der Waals surface area contributed by atoms with Gasteiger partial charge in [0.2, 0.25) is 0 Å². The van der Waals surface area contributed by atoms with Gasteiger partial charge in [-0.25, -0.2) is 14.2 Å². The van der Waals surface area contributed by atoms with Crippen LogP contribution in [0.5, 0.6) is 0 Å². The van der Waals surface area contributed by atoms with Gasteiger partial charge < -0.3 is 3.79 Å². The van der Waals surface area contributed by atoms with E-state index in [4.69, 9.17) is 0 Å². The first-order valence-corrected chi connectivity index (χ1v) is 4.26. The number of rotatable bonds is 2. The lowest BCUT2D eigenvalue weighted by Gasteiger charge is -2.14. The summed E-state index contributed by atoms with van der Waals surface area (Å²) in [7, 11) is 0. The van der Waals surface area contributed by atoms with E-state index in [0.29, 0.717) is 5.71 Å². The van der Waals surface area contributed by atoms with Gasteiger partial charge in [-0.2, -0.15) is 0 Å². The lowest BCUT2D eigenvalue weighted by molar-refractivity contribution is -0.129. The molecular weight excluding hydrogens is 188 g/mol. The molecule has 0 aromatic carbocycles. The Morgan fingerprint density at radius 3 is 2.77 bits per heavy atom. The number of hydrogen-bond donors (Lipinski definition) is 0. The molecule has 3 nitrogen and oxygen atoms in total. The molecule has 1 heterocycles. The summed E-state index contributed by atoms with van der Waals surface area (Å²) >= 11 is 1.84. The lowest BCUT2D eigenvalue weighted by Crippen LogP contribution is -2.20. The van der Waals surface area contributed by atoms with Crippen LogP contribution in [0.15, 0.2) is 16.8 Å². The zero-order valence-corrected chi connectivity index (χ0v) is 8.66. The van der Waals surface area contributed by atoms with E-state index in [-0.39, 0.29) is 5.70 Å². The van der Waals surface area contributed by atoms with Crippen molar-refractivity contribution in [2.75, 3.05) is 6.67 Å². The van der Waals surface area contributed by atoms with Crippen LogP contribution in [-0.4, -0.2) is 35.0 Å². The predicted molar refractivity (Wildman–Crippen MR) is 47.1 cm³/mol. The predicted octanol–water partition coefficient (Wildman–Crippen LogP) is 0.947. The molecule has 5 heteroatoms. The third kappa shape index (κ3) is 1.98. The van der Waals surface area contributed by atoms with Crippen molar-refractivity contribution in [3.63, 3.8) is 0 Å². The van der Waals surface area contributed by atoms with Crippen LogP contribution in [0.1, 0.15) is 13.8 Å². The molecule has 1 rings (SSSR count). The molecule has 2 radical (unpaired) electrons. The van der Waals surface area contributed by atoms with E-state index in [1.165, 1.54) is 0 Å². The minimum atomic E-state index is -0.642. The Labute approximate surface area is 84.4 Å². The number of alkyl halides is 1. The molecule has 0 bridgehead atoms. The summed E-state index contributed by atoms with van der Waals surface area (Å²) in [5, 5.41) is 0. The van der Waals surface area contributed by atoms with Crippen molar-refractivity contribution >= 4 is 28.3 Å². The van der Waals surface area contributed by atoms with Gasteiger partial charge in [-0.15, -0.1) is 0 Å². The van der Waals surface area contributed by atoms with Gasteiger partial charge in [0.15, 0.2) is 0 Å². The first kappa shape index (κ1) is 10.4. The molecule has 0 saturated heterocycles. The molecule has 1 aliphatic heterocycles. The fraction of sp³-hybridized carbons (Fsp3) is 0.500. The second-order valence-electron chi connectivity index (χ2n) is 3.35. The minimum absolute atomic E-state index is 0.174. The summed E-state index contributed by atoms with van der Waals surface area (Å²) in [4.78, 5) is 14.9. The van der Waals surface area contributed by atoms with Crippen molar-refractivity contribution in [2.24, 2.45) is 10.4 Å². The maximum atomic E-state index is 12.4. The summed E-state index contributed by atoms with van der Waals surface area (Å²) in [6, 6.07) is 0. The first-order valence-electron chi connectivity index (χ1n) is 3.79. The molecule has 0 atom stereocenters. The van der Waals surface area contributed by atoms with Gasteiger partial charge in [-0.1, -0.05) is 13.8 Å². The summed E-state index contributed by atoms with van der Waals surface area (Å²) < 4.78 is 16.8. The topological polar surface area (TPSA) is 38.7 Å². The van der Waals surface area contributed by atoms with Crippen LogP contribution in [0.25, 0.3) is 0 Å². The minimum Gasteiger partial charge on any atom is -0.623 e. The van der Waals surface area contributed by atoms with Crippen LogP contribution in [-0.2, 0) is 8.58 Å². The summed E-state index contributed by atoms with van der Waals surface area (Å²) in [6.07, 6.45) is 1.61. The number of nitrogens with zero attached hydrogens (tertiary/aromatic N) is 1. The molecule has 0 aliphatic carbocycles. The van der Waals surface area contributed by atoms with Gasteiger partial charge in [0.25, 0.3) is 0 Å². The monoisotopic (exact) mass is 197 g/mol. The van der Waals surface area contributed by atoms with Crippen molar-refractivity contribution in [2.45, 2.75) is 13.8 Å². The molecule has 0 N–H and O–H groups in total. The first-order chi connectivity index (χ1) is 6.01. The second kappa shape index (κ2) is 3.61. The zero-order chi connectivity index (χ0) is 10.1. The van der Waals surface area contributed by atoms with Gasteiger partial charge in [-0.3, -0.25) is 0 Å². The lowest BCUT2D eigenvalue weighted by atomic mass is 9.89. The van der Waals surface area contributed by atoms with Crippen LogP contribution in [0.2, 0.25) is 0 Å². The van der Waals surface area contributed by atoms with E-state index >= 15 is 0 Å². The molecule has 0 spiro atoms. The van der Waals surface area contributed by atoms with Crippen molar-refractivity contribution < 1.29 is 13.0 Å². The Bertz CT molecular complexity index is 297. The maximum Gasteiger partial charge on any atom is 0.485 e. The maximum absolute atomic E-state index is 12.4. The molecular formula is C8H9AlFNO2. The van der Waals surface area contributed by atoms with E-state index in [9.17, 15) is 9.18 Å². The van der Waals surface area contributed by atoms with Crippen molar-refractivity contribution in [1.29, 1.82) is 0 Å². The highest BCUT2D eigenvalue weighted by Gasteiger charge is 2.30. The van der Waals surface area contributed by atoms with Gasteiger partial charge in [0.05, 0.1) is 5.71 Å². The smallest absolute Gasteiger partial charge is 0.485 e. The molecule has 0 aromatic rings. The number of allylic oxidation sites excluding steroid dienone is 1. The van der Waals surface area contributed by atoms with Crippen LogP contribution in [0.4, 0.5) is 4.39 Å². The third-order valence-electron chi connectivity index (χ3n) is 1.94. The van der Waals surface area contributed by atoms with Crippen LogP contribution in [0.3, 0.4) is 0 Å². The molecule has 0 aromatic heterocycles. The van der Waals surface area contributed by atoms with Gasteiger partial charge >= 0.3 is 22.6 Å². The molecule has 0 saturated carbocycles. The second-order valence-corrected chi connectivity index (χ2v) is 3.58. The standard InChI is InChI=1S/C8H10FNO2.Al/c1-8(2)3-5(7(11)12)10-6(8)4-9;/h3H,4H2,1-2H3,(H,11,12);/q;+1/p-1. The Morgan fingerprint density at radius 1 is 1.77 bits per heavy atom. The average molecular weight is 197 g/mol. The highest BCUT2D eigenvalue weighted by molar-refractivity contribution is 6.11. The molecule has 13 heavy (non-hydrogen) atoms. The molecule has 0 amide bonds. The highest BCUT2D eigenvalue weighted by Crippen LogP contribution is 2.29. The average Bonchev–Trinajstić information content (AvgIpc) is 2.39. The molecule has 68 valence electrons. The van der Waals surface area contributed by atoms with E-state index in [1.807, 2.05) is 16.6 Å². The fourth-order valence-corrected chi connectivity index (χ4v) is 1.23. The number of halogens is 1. The largest absolute Gasteiger partial charge is 0.623 e. The Kier molecular flexibility index (Phi) is 2.89. The van der Waals surface area contributed by atoms with Crippen LogP contribution >= 0.6 is 0 Å².